The van der Waals surface area contributed by atoms with Crippen LogP contribution in [0.5, 0.6) is 5.75 Å². The van der Waals surface area contributed by atoms with Gasteiger partial charge < -0.3 is 10.0 Å². The van der Waals surface area contributed by atoms with Crippen molar-refractivity contribution in [1.29, 1.82) is 0 Å². The van der Waals surface area contributed by atoms with Crippen molar-refractivity contribution >= 4 is 5.91 Å². The van der Waals surface area contributed by atoms with E-state index in [0.717, 1.165) is 55.7 Å². The molecule has 0 unspecified atom stereocenters. The summed E-state index contributed by atoms with van der Waals surface area (Å²) in [6.45, 7) is 2.62. The fourth-order valence-electron chi connectivity index (χ4n) is 3.11. The first kappa shape index (κ1) is 17.4. The number of likely N-dealkylation sites (N-methyl/N-ethyl adjacent to an activating group) is 1. The smallest absolute Gasteiger partial charge is 0.236 e. The van der Waals surface area contributed by atoms with Crippen molar-refractivity contribution in [3.8, 4) is 5.75 Å². The van der Waals surface area contributed by atoms with Crippen molar-refractivity contribution in [1.82, 2.24) is 19.8 Å². The molecule has 0 fully saturated rings. The molecule has 1 amide bonds. The topological polar surface area (TPSA) is 69.6 Å². The second-order valence-corrected chi connectivity index (χ2v) is 6.58. The van der Waals surface area contributed by atoms with Gasteiger partial charge >= 0.3 is 0 Å². The maximum Gasteiger partial charge on any atom is 0.236 e. The van der Waals surface area contributed by atoms with Crippen molar-refractivity contribution in [3.63, 3.8) is 0 Å². The summed E-state index contributed by atoms with van der Waals surface area (Å²) in [5, 5.41) is 9.47. The molecular formula is C19H24N4O2. The van der Waals surface area contributed by atoms with Crippen LogP contribution in [0.15, 0.2) is 36.8 Å². The second kappa shape index (κ2) is 8.07. The van der Waals surface area contributed by atoms with Crippen molar-refractivity contribution in [3.05, 3.63) is 53.6 Å². The molecule has 0 saturated carbocycles. The van der Waals surface area contributed by atoms with E-state index in [2.05, 4.69) is 14.9 Å². The maximum atomic E-state index is 12.4. The summed E-state index contributed by atoms with van der Waals surface area (Å²) >= 11 is 0. The molecule has 1 aromatic carbocycles. The number of nitrogens with zero attached hydrogens (tertiary/aromatic N) is 4. The Morgan fingerprint density at radius 2 is 2.20 bits per heavy atom. The minimum Gasteiger partial charge on any atom is -0.508 e. The Kier molecular flexibility index (Phi) is 5.60. The molecule has 0 atom stereocenters. The first-order chi connectivity index (χ1) is 12.1. The Morgan fingerprint density at radius 3 is 3.00 bits per heavy atom. The van der Waals surface area contributed by atoms with Crippen LogP contribution >= 0.6 is 0 Å². The number of aromatic nitrogens is 2. The van der Waals surface area contributed by atoms with Crippen LogP contribution in [0, 0.1) is 0 Å². The highest BCUT2D eigenvalue weighted by atomic mass is 16.3. The van der Waals surface area contributed by atoms with Gasteiger partial charge in [0.2, 0.25) is 5.91 Å². The fraction of sp³-hybridized carbons (Fsp3) is 0.421. The molecule has 6 nitrogen and oxygen atoms in total. The Balaban J connectivity index is 1.37. The van der Waals surface area contributed by atoms with Crippen molar-refractivity contribution in [2.24, 2.45) is 0 Å². The van der Waals surface area contributed by atoms with E-state index in [-0.39, 0.29) is 5.91 Å². The van der Waals surface area contributed by atoms with E-state index < -0.39 is 0 Å². The quantitative estimate of drug-likeness (QED) is 0.781. The second-order valence-electron chi connectivity index (χ2n) is 6.58. The van der Waals surface area contributed by atoms with Gasteiger partial charge in [-0.05, 0) is 37.0 Å². The highest BCUT2D eigenvalue weighted by molar-refractivity contribution is 5.78. The Morgan fingerprint density at radius 1 is 1.32 bits per heavy atom. The zero-order valence-electron chi connectivity index (χ0n) is 14.6. The van der Waals surface area contributed by atoms with Gasteiger partial charge in [0, 0.05) is 38.4 Å². The van der Waals surface area contributed by atoms with Gasteiger partial charge in [0.1, 0.15) is 12.1 Å². The van der Waals surface area contributed by atoms with E-state index in [1.165, 1.54) is 0 Å². The predicted molar refractivity (Wildman–Crippen MR) is 94.8 cm³/mol. The number of unbranched alkanes of at least 4 members (excludes halogenated alkanes) is 1. The first-order valence-corrected chi connectivity index (χ1v) is 8.64. The zero-order valence-corrected chi connectivity index (χ0v) is 14.6. The van der Waals surface area contributed by atoms with Crippen molar-refractivity contribution in [2.75, 3.05) is 20.1 Å². The number of phenolic OH excluding ortho intramolecular Hbond substituents is 1. The molecule has 0 saturated heterocycles. The molecule has 1 aromatic heterocycles. The molecule has 0 aliphatic carbocycles. The highest BCUT2D eigenvalue weighted by Gasteiger charge is 2.23. The number of aromatic hydroxyl groups is 1. The van der Waals surface area contributed by atoms with E-state index in [1.807, 2.05) is 25.4 Å². The minimum absolute atomic E-state index is 0.137. The molecule has 0 bridgehead atoms. The number of rotatable bonds is 7. The number of carbonyl (C=O) groups is 1. The van der Waals surface area contributed by atoms with Crippen LogP contribution in [0.25, 0.3) is 0 Å². The lowest BCUT2D eigenvalue weighted by Crippen LogP contribution is -2.36. The van der Waals surface area contributed by atoms with Gasteiger partial charge in [-0.1, -0.05) is 12.1 Å². The van der Waals surface area contributed by atoms with Gasteiger partial charge in [-0.25, -0.2) is 9.97 Å². The number of hydrogen-bond donors (Lipinski definition) is 1. The lowest BCUT2D eigenvalue weighted by molar-refractivity contribution is -0.131. The Labute approximate surface area is 148 Å². The molecule has 1 aliphatic rings. The summed E-state index contributed by atoms with van der Waals surface area (Å²) in [5.41, 5.74) is 3.27. The number of fused-ring (bicyclic) bond motifs is 1. The number of benzene rings is 1. The third-order valence-corrected chi connectivity index (χ3v) is 4.55. The van der Waals surface area contributed by atoms with Crippen molar-refractivity contribution < 1.29 is 9.90 Å². The minimum atomic E-state index is 0.137. The molecular weight excluding hydrogens is 316 g/mol. The molecule has 0 radical (unpaired) electrons. The summed E-state index contributed by atoms with van der Waals surface area (Å²) in [6, 6.07) is 7.35. The van der Waals surface area contributed by atoms with E-state index in [9.17, 15) is 9.90 Å². The average molecular weight is 340 g/mol. The van der Waals surface area contributed by atoms with Gasteiger partial charge in [-0.15, -0.1) is 0 Å². The summed E-state index contributed by atoms with van der Waals surface area (Å²) in [6.07, 6.45) is 6.24. The van der Waals surface area contributed by atoms with Gasteiger partial charge in [0.05, 0.1) is 12.2 Å². The zero-order chi connectivity index (χ0) is 17.6. The van der Waals surface area contributed by atoms with Crippen molar-refractivity contribution in [2.45, 2.75) is 32.4 Å². The molecule has 0 spiro atoms. The van der Waals surface area contributed by atoms with Gasteiger partial charge in [-0.2, -0.15) is 0 Å². The van der Waals surface area contributed by atoms with Gasteiger partial charge in [0.25, 0.3) is 0 Å². The third-order valence-electron chi connectivity index (χ3n) is 4.55. The van der Waals surface area contributed by atoms with E-state index in [0.29, 0.717) is 12.3 Å². The van der Waals surface area contributed by atoms with Crippen LogP contribution in [0.1, 0.15) is 29.7 Å². The molecule has 1 aliphatic heterocycles. The molecule has 2 aromatic rings. The van der Waals surface area contributed by atoms with Crippen LogP contribution in [0.2, 0.25) is 0 Å². The molecule has 132 valence electrons. The third kappa shape index (κ3) is 4.76. The normalized spacial score (nSPS) is 13.6. The van der Waals surface area contributed by atoms with E-state index in [1.54, 1.807) is 23.4 Å². The molecule has 1 N–H and O–H groups in total. The van der Waals surface area contributed by atoms with Crippen LogP contribution in [0.4, 0.5) is 0 Å². The average Bonchev–Trinajstić information content (AvgIpc) is 3.00. The predicted octanol–water partition coefficient (Wildman–Crippen LogP) is 1.98. The van der Waals surface area contributed by atoms with Gasteiger partial charge in [0.15, 0.2) is 0 Å². The van der Waals surface area contributed by atoms with Crippen LogP contribution in [-0.2, 0) is 24.3 Å². The summed E-state index contributed by atoms with van der Waals surface area (Å²) < 4.78 is 0. The number of phenols is 1. The van der Waals surface area contributed by atoms with E-state index in [4.69, 9.17) is 0 Å². The Hall–Kier alpha value is -2.47. The Bertz CT molecular complexity index is 710. The number of hydrogen-bond acceptors (Lipinski definition) is 5. The molecule has 6 heteroatoms. The maximum absolute atomic E-state index is 12.4. The standard InChI is InChI=1S/C19H24N4O2/c1-22(8-3-2-5-15-6-4-7-17(24)9-15)19(25)13-23-11-16-10-20-14-21-18(16)12-23/h4,6-7,9-10,14,24H,2-3,5,8,11-13H2,1H3. The number of aryl methyl sites for hydroxylation is 1. The van der Waals surface area contributed by atoms with Crippen LogP contribution in [0.3, 0.4) is 0 Å². The van der Waals surface area contributed by atoms with Gasteiger partial charge in [-0.3, -0.25) is 9.69 Å². The van der Waals surface area contributed by atoms with E-state index >= 15 is 0 Å². The molecule has 2 heterocycles. The monoisotopic (exact) mass is 340 g/mol. The number of amides is 1. The lowest BCUT2D eigenvalue weighted by atomic mass is 10.1. The highest BCUT2D eigenvalue weighted by Crippen LogP contribution is 2.19. The fourth-order valence-corrected chi connectivity index (χ4v) is 3.11. The van der Waals surface area contributed by atoms with Crippen LogP contribution in [-0.4, -0.2) is 50.9 Å². The number of carbonyl (C=O) groups excluding carboxylic acids is 1. The SMILES string of the molecule is CN(CCCCc1cccc(O)c1)C(=O)CN1Cc2cncnc2C1. The lowest BCUT2D eigenvalue weighted by Gasteiger charge is -2.21. The molecule has 25 heavy (non-hydrogen) atoms. The first-order valence-electron chi connectivity index (χ1n) is 8.64. The summed E-state index contributed by atoms with van der Waals surface area (Å²) in [5.74, 6) is 0.444. The summed E-state index contributed by atoms with van der Waals surface area (Å²) in [4.78, 5) is 24.6. The molecule has 3 rings (SSSR count). The summed E-state index contributed by atoms with van der Waals surface area (Å²) in [7, 11) is 1.86. The van der Waals surface area contributed by atoms with Crippen LogP contribution < -0.4 is 0 Å². The largest absolute Gasteiger partial charge is 0.508 e.